The van der Waals surface area contributed by atoms with Gasteiger partial charge >= 0.3 is 0 Å². The van der Waals surface area contributed by atoms with E-state index >= 15 is 0 Å². The third-order valence-corrected chi connectivity index (χ3v) is 15.7. The van der Waals surface area contributed by atoms with Gasteiger partial charge in [0.2, 0.25) is 0 Å². The Hall–Kier alpha value is -4.97. The van der Waals surface area contributed by atoms with Crippen LogP contribution in [0.3, 0.4) is 0 Å². The number of sulfonamides is 1. The molecule has 2 fully saturated rings. The molecule has 14 nitrogen and oxygen atoms in total. The number of piperazine rings is 1. The molecule has 2 saturated heterocycles. The number of nitro benzene ring substituents is 1. The van der Waals surface area contributed by atoms with Crippen LogP contribution in [0.2, 0.25) is 5.02 Å². The number of fused-ring (bicyclic) bond motifs is 2. The molecule has 9 rings (SSSR count). The summed E-state index contributed by atoms with van der Waals surface area (Å²) in [5.74, 6) is 0.424. The van der Waals surface area contributed by atoms with Gasteiger partial charge < -0.3 is 19.4 Å². The number of carbonyl (C=O) groups is 1. The van der Waals surface area contributed by atoms with E-state index in [0.29, 0.717) is 47.2 Å². The number of aromatic amines is 1. The number of morpholine rings is 1. The number of nitrogens with zero attached hydrogens (tertiary/aromatic N) is 5. The molecule has 5 aromatic rings. The van der Waals surface area contributed by atoms with Gasteiger partial charge in [0, 0.05) is 103 Å². The zero-order valence-corrected chi connectivity index (χ0v) is 38.4. The van der Waals surface area contributed by atoms with Crippen LogP contribution in [0.1, 0.15) is 54.6 Å². The molecule has 3 aromatic carbocycles. The van der Waals surface area contributed by atoms with Gasteiger partial charge in [0.25, 0.3) is 21.6 Å². The standard InChI is InChI=1S/C47H52ClN7O7S2/c1-47(2)11-9-34(41(26-47)32-3-5-35(48)6-4-32)29-52-13-15-54(16-14-52)36-7-8-39(43(23-36)62-37-22-33-10-12-49-45(33)50-27-37)46(56)51-64(59,60)38-24-42(55(57)58)40-21-31(30-63-44(40)25-38)28-53-17-19-61-20-18-53/h3-8,10,12,22-25,27,31H,9,11,13-21,26,28-30H2,1-2H3,(H,49,50)(H,51,56)/t31-/m1/s1. The Kier molecular flexibility index (Phi) is 12.8. The van der Waals surface area contributed by atoms with Gasteiger partial charge in [0.05, 0.1) is 34.8 Å². The molecule has 0 radical (unpaired) electrons. The second kappa shape index (κ2) is 18.5. The number of hydrogen-bond donors (Lipinski definition) is 2. The Bertz CT molecular complexity index is 2710. The number of pyridine rings is 1. The van der Waals surface area contributed by atoms with Gasteiger partial charge in [-0.1, -0.05) is 43.2 Å². The number of nitro groups is 1. The number of thioether (sulfide) groups is 1. The summed E-state index contributed by atoms with van der Waals surface area (Å²) in [6.45, 7) is 12.4. The quantitative estimate of drug-likeness (QED) is 0.0909. The Morgan fingerprint density at radius 2 is 1.81 bits per heavy atom. The van der Waals surface area contributed by atoms with Crippen LogP contribution >= 0.6 is 23.4 Å². The van der Waals surface area contributed by atoms with Crippen molar-refractivity contribution in [3.8, 4) is 11.5 Å². The number of H-pyrrole nitrogens is 1. The molecule has 5 heterocycles. The Morgan fingerprint density at radius 3 is 2.58 bits per heavy atom. The number of aromatic nitrogens is 2. The lowest BCUT2D eigenvalue weighted by Gasteiger charge is -2.39. The maximum Gasteiger partial charge on any atom is 0.275 e. The highest BCUT2D eigenvalue weighted by atomic mass is 35.5. The molecule has 1 aliphatic carbocycles. The molecular formula is C47H52ClN7O7S2. The van der Waals surface area contributed by atoms with Crippen molar-refractivity contribution in [1.82, 2.24) is 24.5 Å². The third kappa shape index (κ3) is 9.97. The van der Waals surface area contributed by atoms with Gasteiger partial charge in [-0.25, -0.2) is 18.1 Å². The number of rotatable bonds is 12. The summed E-state index contributed by atoms with van der Waals surface area (Å²) in [4.78, 5) is 40.7. The Labute approximate surface area is 382 Å². The summed E-state index contributed by atoms with van der Waals surface area (Å²) in [7, 11) is -4.56. The van der Waals surface area contributed by atoms with Crippen molar-refractivity contribution >= 4 is 67.3 Å². The molecule has 0 spiro atoms. The maximum absolute atomic E-state index is 14.1. The molecule has 336 valence electrons. The van der Waals surface area contributed by atoms with Crippen LogP contribution < -0.4 is 14.4 Å². The monoisotopic (exact) mass is 925 g/mol. The smallest absolute Gasteiger partial charge is 0.275 e. The van der Waals surface area contributed by atoms with Crippen LogP contribution in [0.5, 0.6) is 11.5 Å². The van der Waals surface area contributed by atoms with E-state index in [0.717, 1.165) is 93.8 Å². The predicted molar refractivity (Wildman–Crippen MR) is 250 cm³/mol. The van der Waals surface area contributed by atoms with Crippen LogP contribution in [0, 0.1) is 21.4 Å². The fraction of sp³-hybridized carbons (Fsp3) is 0.404. The summed E-state index contributed by atoms with van der Waals surface area (Å²) < 4.78 is 42.0. The number of ether oxygens (including phenoxy) is 2. The summed E-state index contributed by atoms with van der Waals surface area (Å²) in [5, 5.41) is 13.9. The van der Waals surface area contributed by atoms with Crippen LogP contribution in [-0.2, 0) is 21.2 Å². The van der Waals surface area contributed by atoms with Gasteiger partial charge in [0.15, 0.2) is 0 Å². The van der Waals surface area contributed by atoms with Crippen molar-refractivity contribution in [3.05, 3.63) is 117 Å². The minimum Gasteiger partial charge on any atom is -0.455 e. The average Bonchev–Trinajstić information content (AvgIpc) is 3.75. The zero-order chi connectivity index (χ0) is 44.6. The fourth-order valence-corrected chi connectivity index (χ4v) is 11.7. The summed E-state index contributed by atoms with van der Waals surface area (Å²) in [5.41, 5.74) is 6.06. The van der Waals surface area contributed by atoms with Crippen LogP contribution in [0.15, 0.2) is 94.5 Å². The molecule has 1 atom stereocenters. The van der Waals surface area contributed by atoms with E-state index in [-0.39, 0.29) is 33.2 Å². The first-order chi connectivity index (χ1) is 30.8. The molecule has 2 aromatic heterocycles. The van der Waals surface area contributed by atoms with Crippen molar-refractivity contribution in [1.29, 1.82) is 0 Å². The van der Waals surface area contributed by atoms with Crippen LogP contribution in [0.25, 0.3) is 16.6 Å². The van der Waals surface area contributed by atoms with Gasteiger partial charge in [-0.05, 0) is 90.6 Å². The van der Waals surface area contributed by atoms with Crippen LogP contribution in [0.4, 0.5) is 11.4 Å². The third-order valence-electron chi connectivity index (χ3n) is 12.8. The van der Waals surface area contributed by atoms with E-state index in [2.05, 4.69) is 55.4 Å². The zero-order valence-electron chi connectivity index (χ0n) is 36.0. The number of amides is 1. The second-order valence-electron chi connectivity index (χ2n) is 18.0. The molecule has 2 N–H and O–H groups in total. The lowest BCUT2D eigenvalue weighted by molar-refractivity contribution is -0.386. The highest BCUT2D eigenvalue weighted by molar-refractivity contribution is 7.99. The molecule has 3 aliphatic heterocycles. The Balaban J connectivity index is 0.938. The fourth-order valence-electron chi connectivity index (χ4n) is 9.30. The first kappa shape index (κ1) is 44.2. The second-order valence-corrected chi connectivity index (χ2v) is 21.1. The van der Waals surface area contributed by atoms with Gasteiger partial charge in [-0.3, -0.25) is 24.7 Å². The normalized spacial score (nSPS) is 19.7. The molecular weight excluding hydrogens is 874 g/mol. The molecule has 4 aliphatic rings. The van der Waals surface area contributed by atoms with E-state index in [4.69, 9.17) is 21.1 Å². The predicted octanol–water partition coefficient (Wildman–Crippen LogP) is 8.42. The summed E-state index contributed by atoms with van der Waals surface area (Å²) >= 11 is 7.66. The van der Waals surface area contributed by atoms with Crippen molar-refractivity contribution in [2.75, 3.05) is 76.2 Å². The highest BCUT2D eigenvalue weighted by Crippen LogP contribution is 2.44. The number of hydrogen-bond acceptors (Lipinski definition) is 12. The van der Waals surface area contributed by atoms with E-state index in [1.807, 2.05) is 18.2 Å². The summed E-state index contributed by atoms with van der Waals surface area (Å²) in [6.07, 6.45) is 6.96. The molecule has 0 bridgehead atoms. The molecule has 0 unspecified atom stereocenters. The van der Waals surface area contributed by atoms with Crippen molar-refractivity contribution in [2.45, 2.75) is 49.3 Å². The average molecular weight is 927 g/mol. The topological polar surface area (TPSA) is 163 Å². The molecule has 1 amide bonds. The van der Waals surface area contributed by atoms with E-state index in [1.165, 1.54) is 40.7 Å². The highest BCUT2D eigenvalue weighted by Gasteiger charge is 2.33. The molecule has 0 saturated carbocycles. The molecule has 64 heavy (non-hydrogen) atoms. The number of nitrogens with one attached hydrogen (secondary N) is 2. The van der Waals surface area contributed by atoms with Crippen molar-refractivity contribution in [2.24, 2.45) is 11.3 Å². The van der Waals surface area contributed by atoms with Gasteiger partial charge in [0.1, 0.15) is 17.1 Å². The number of benzene rings is 3. The lowest BCUT2D eigenvalue weighted by Crippen LogP contribution is -2.47. The van der Waals surface area contributed by atoms with E-state index in [1.54, 1.807) is 30.5 Å². The Morgan fingerprint density at radius 1 is 1.03 bits per heavy atom. The summed E-state index contributed by atoms with van der Waals surface area (Å²) in [6, 6.07) is 19.5. The number of carbonyl (C=O) groups excluding carboxylic acids is 1. The SMILES string of the molecule is CC1(C)CCC(CN2CCN(c3ccc(C(=O)NS(=O)(=O)c4cc5c(c([N+](=O)[O-])c4)C[C@H](CN4CCOCC4)CS5)c(Oc4cnc5[nH]ccc5c4)c3)CC2)=C(c2ccc(Cl)cc2)C1. The van der Waals surface area contributed by atoms with Crippen molar-refractivity contribution < 1.29 is 27.6 Å². The van der Waals surface area contributed by atoms with E-state index in [9.17, 15) is 23.3 Å². The lowest BCUT2D eigenvalue weighted by atomic mass is 9.72. The number of allylic oxidation sites excluding steroid dienone is 1. The van der Waals surface area contributed by atoms with Crippen LogP contribution in [-0.4, -0.2) is 110 Å². The number of halogens is 1. The minimum absolute atomic E-state index is 0.0187. The van der Waals surface area contributed by atoms with E-state index < -0.39 is 20.9 Å². The first-order valence-electron chi connectivity index (χ1n) is 21.8. The van der Waals surface area contributed by atoms with Gasteiger partial charge in [-0.15, -0.1) is 11.8 Å². The first-order valence-corrected chi connectivity index (χ1v) is 24.6. The van der Waals surface area contributed by atoms with Crippen molar-refractivity contribution in [3.63, 3.8) is 0 Å². The molecule has 17 heteroatoms. The maximum atomic E-state index is 14.1. The number of anilines is 1. The minimum atomic E-state index is -4.56. The van der Waals surface area contributed by atoms with Gasteiger partial charge in [-0.2, -0.15) is 0 Å². The largest absolute Gasteiger partial charge is 0.455 e.